The monoisotopic (exact) mass is 306 g/mol. The van der Waals surface area contributed by atoms with E-state index in [2.05, 4.69) is 10.5 Å². The van der Waals surface area contributed by atoms with E-state index in [1.165, 1.54) is 20.3 Å². The predicted octanol–water partition coefficient (Wildman–Crippen LogP) is 1.46. The molecule has 1 heterocycles. The van der Waals surface area contributed by atoms with E-state index in [1.807, 2.05) is 0 Å². The third-order valence-corrected chi connectivity index (χ3v) is 3.11. The third-order valence-electron chi connectivity index (χ3n) is 3.11. The van der Waals surface area contributed by atoms with Gasteiger partial charge in [-0.3, -0.25) is 4.79 Å². The number of rotatable bonds is 6. The highest BCUT2D eigenvalue weighted by Gasteiger charge is 2.15. The topological polar surface area (TPSA) is 93.8 Å². The van der Waals surface area contributed by atoms with Crippen LogP contribution in [0, 0.1) is 6.92 Å². The molecule has 0 radical (unpaired) electrons. The van der Waals surface area contributed by atoms with Gasteiger partial charge in [0.15, 0.2) is 17.2 Å². The van der Waals surface area contributed by atoms with E-state index in [0.29, 0.717) is 22.8 Å². The smallest absolute Gasteiger partial charge is 0.273 e. The van der Waals surface area contributed by atoms with Crippen LogP contribution in [-0.4, -0.2) is 36.9 Å². The fraction of sp³-hybridized carbons (Fsp3) is 0.333. The van der Waals surface area contributed by atoms with E-state index < -0.39 is 12.0 Å². The molecule has 0 fully saturated rings. The van der Waals surface area contributed by atoms with Crippen molar-refractivity contribution in [1.29, 1.82) is 0 Å². The van der Waals surface area contributed by atoms with Crippen molar-refractivity contribution in [3.63, 3.8) is 0 Å². The summed E-state index contributed by atoms with van der Waals surface area (Å²) in [5.41, 5.74) is 0.784. The Morgan fingerprint density at radius 2 is 2.05 bits per heavy atom. The minimum atomic E-state index is -0.878. The largest absolute Gasteiger partial charge is 0.493 e. The average Bonchev–Trinajstić information content (AvgIpc) is 2.98. The number of benzene rings is 1. The zero-order chi connectivity index (χ0) is 16.1. The zero-order valence-corrected chi connectivity index (χ0v) is 12.6. The summed E-state index contributed by atoms with van der Waals surface area (Å²) in [5.74, 6) is 1.22. The van der Waals surface area contributed by atoms with Crippen molar-refractivity contribution in [2.45, 2.75) is 13.0 Å². The lowest BCUT2D eigenvalue weighted by molar-refractivity contribution is 0.0907. The second-order valence-corrected chi connectivity index (χ2v) is 4.66. The van der Waals surface area contributed by atoms with Crippen molar-refractivity contribution in [3.8, 4) is 11.5 Å². The van der Waals surface area contributed by atoms with E-state index in [4.69, 9.17) is 14.0 Å². The second-order valence-electron chi connectivity index (χ2n) is 4.66. The number of nitrogens with one attached hydrogen (secondary N) is 1. The number of aryl methyl sites for hydroxylation is 1. The van der Waals surface area contributed by atoms with Crippen LogP contribution in [0.4, 0.5) is 0 Å². The summed E-state index contributed by atoms with van der Waals surface area (Å²) in [6.45, 7) is 1.74. The number of carbonyl (C=O) groups excluding carboxylic acids is 1. The molecule has 0 bridgehead atoms. The van der Waals surface area contributed by atoms with Crippen LogP contribution in [0.3, 0.4) is 0 Å². The lowest BCUT2D eigenvalue weighted by Gasteiger charge is -2.14. The number of aliphatic hydroxyl groups excluding tert-OH is 1. The number of ether oxygens (including phenoxy) is 2. The molecular weight excluding hydrogens is 288 g/mol. The third kappa shape index (κ3) is 3.56. The van der Waals surface area contributed by atoms with Gasteiger partial charge in [-0.25, -0.2) is 0 Å². The quantitative estimate of drug-likeness (QED) is 0.839. The number of hydrogen-bond donors (Lipinski definition) is 2. The predicted molar refractivity (Wildman–Crippen MR) is 78.1 cm³/mol. The SMILES string of the molecule is COc1ccc([C@@H](O)CNC(=O)c2cc(C)on2)cc1OC. The molecule has 2 N–H and O–H groups in total. The van der Waals surface area contributed by atoms with Gasteiger partial charge in [0.2, 0.25) is 0 Å². The van der Waals surface area contributed by atoms with Crippen LogP contribution in [0.1, 0.15) is 27.9 Å². The average molecular weight is 306 g/mol. The van der Waals surface area contributed by atoms with Gasteiger partial charge in [0, 0.05) is 12.6 Å². The van der Waals surface area contributed by atoms with Crippen LogP contribution in [0.15, 0.2) is 28.8 Å². The van der Waals surface area contributed by atoms with Crippen molar-refractivity contribution >= 4 is 5.91 Å². The lowest BCUT2D eigenvalue weighted by Crippen LogP contribution is -2.28. The van der Waals surface area contributed by atoms with Gasteiger partial charge in [0.25, 0.3) is 5.91 Å². The van der Waals surface area contributed by atoms with Gasteiger partial charge in [-0.2, -0.15) is 0 Å². The molecule has 0 spiro atoms. The van der Waals surface area contributed by atoms with E-state index in [0.717, 1.165) is 0 Å². The van der Waals surface area contributed by atoms with Crippen LogP contribution in [0.2, 0.25) is 0 Å². The summed E-state index contributed by atoms with van der Waals surface area (Å²) >= 11 is 0. The number of nitrogens with zero attached hydrogens (tertiary/aromatic N) is 1. The van der Waals surface area contributed by atoms with Gasteiger partial charge in [0.1, 0.15) is 5.76 Å². The van der Waals surface area contributed by atoms with E-state index >= 15 is 0 Å². The molecule has 0 saturated carbocycles. The Morgan fingerprint density at radius 1 is 1.32 bits per heavy atom. The van der Waals surface area contributed by atoms with Gasteiger partial charge in [0.05, 0.1) is 20.3 Å². The Labute approximate surface area is 127 Å². The number of amides is 1. The second kappa shape index (κ2) is 6.95. The molecule has 0 saturated heterocycles. The van der Waals surface area contributed by atoms with Crippen molar-refractivity contribution in [2.75, 3.05) is 20.8 Å². The molecule has 0 unspecified atom stereocenters. The number of methoxy groups -OCH3 is 2. The van der Waals surface area contributed by atoms with Crippen molar-refractivity contribution in [3.05, 3.63) is 41.3 Å². The summed E-state index contributed by atoms with van der Waals surface area (Å²) in [6.07, 6.45) is -0.878. The van der Waals surface area contributed by atoms with Crippen LogP contribution >= 0.6 is 0 Å². The highest BCUT2D eigenvalue weighted by molar-refractivity contribution is 5.92. The van der Waals surface area contributed by atoms with Crippen molar-refractivity contribution < 1.29 is 23.9 Å². The van der Waals surface area contributed by atoms with Gasteiger partial charge >= 0.3 is 0 Å². The van der Waals surface area contributed by atoms with E-state index in [-0.39, 0.29) is 12.2 Å². The Kier molecular flexibility index (Phi) is 5.00. The number of aliphatic hydroxyl groups is 1. The first-order valence-electron chi connectivity index (χ1n) is 6.66. The molecule has 22 heavy (non-hydrogen) atoms. The molecule has 0 aliphatic carbocycles. The summed E-state index contributed by atoms with van der Waals surface area (Å²) < 4.78 is 15.1. The molecule has 2 rings (SSSR count). The van der Waals surface area contributed by atoms with E-state index in [1.54, 1.807) is 25.1 Å². The van der Waals surface area contributed by atoms with Crippen LogP contribution in [-0.2, 0) is 0 Å². The zero-order valence-electron chi connectivity index (χ0n) is 12.6. The molecule has 2 aromatic rings. The molecule has 1 aromatic heterocycles. The Hall–Kier alpha value is -2.54. The number of hydrogen-bond acceptors (Lipinski definition) is 6. The molecule has 7 nitrogen and oxygen atoms in total. The first-order chi connectivity index (χ1) is 10.5. The minimum absolute atomic E-state index is 0.0419. The maximum Gasteiger partial charge on any atom is 0.273 e. The Morgan fingerprint density at radius 3 is 2.64 bits per heavy atom. The van der Waals surface area contributed by atoms with Gasteiger partial charge in [-0.1, -0.05) is 11.2 Å². The maximum atomic E-state index is 11.8. The molecule has 0 aliphatic heterocycles. The first-order valence-corrected chi connectivity index (χ1v) is 6.66. The molecule has 1 aromatic carbocycles. The molecule has 7 heteroatoms. The normalized spacial score (nSPS) is 11.8. The standard InChI is InChI=1S/C15H18N2O5/c1-9-6-11(17-22-9)15(19)16-8-12(18)10-4-5-13(20-2)14(7-10)21-3/h4-7,12,18H,8H2,1-3H3,(H,16,19)/t12-/m0/s1. The van der Waals surface area contributed by atoms with Gasteiger partial charge < -0.3 is 24.4 Å². The maximum absolute atomic E-state index is 11.8. The Bertz CT molecular complexity index is 653. The van der Waals surface area contributed by atoms with Crippen LogP contribution in [0.5, 0.6) is 11.5 Å². The molecule has 0 aliphatic rings. The van der Waals surface area contributed by atoms with Gasteiger partial charge in [-0.15, -0.1) is 0 Å². The van der Waals surface area contributed by atoms with Crippen LogP contribution in [0.25, 0.3) is 0 Å². The van der Waals surface area contributed by atoms with E-state index in [9.17, 15) is 9.90 Å². The van der Waals surface area contributed by atoms with Crippen LogP contribution < -0.4 is 14.8 Å². The minimum Gasteiger partial charge on any atom is -0.493 e. The summed E-state index contributed by atoms with van der Waals surface area (Å²) in [4.78, 5) is 11.8. The highest BCUT2D eigenvalue weighted by Crippen LogP contribution is 2.29. The molecular formula is C15H18N2O5. The fourth-order valence-electron chi connectivity index (χ4n) is 1.93. The summed E-state index contributed by atoms with van der Waals surface area (Å²) in [5, 5.41) is 16.4. The van der Waals surface area contributed by atoms with Crippen molar-refractivity contribution in [1.82, 2.24) is 10.5 Å². The van der Waals surface area contributed by atoms with Crippen molar-refractivity contribution in [2.24, 2.45) is 0 Å². The highest BCUT2D eigenvalue weighted by atomic mass is 16.5. The lowest BCUT2D eigenvalue weighted by atomic mass is 10.1. The first kappa shape index (κ1) is 15.8. The fourth-order valence-corrected chi connectivity index (χ4v) is 1.93. The summed E-state index contributed by atoms with van der Waals surface area (Å²) in [7, 11) is 3.05. The molecule has 1 amide bonds. The molecule has 1 atom stereocenters. The van der Waals surface area contributed by atoms with Gasteiger partial charge in [-0.05, 0) is 24.6 Å². The number of aromatic nitrogens is 1. The summed E-state index contributed by atoms with van der Waals surface area (Å²) in [6, 6.07) is 6.59. The molecule has 118 valence electrons. The number of carbonyl (C=O) groups is 1. The Balaban J connectivity index is 2.00.